The zero-order valence-corrected chi connectivity index (χ0v) is 16.6. The molecule has 2 aliphatic heterocycles. The van der Waals surface area contributed by atoms with Gasteiger partial charge < -0.3 is 19.0 Å². The summed E-state index contributed by atoms with van der Waals surface area (Å²) >= 11 is 0. The summed E-state index contributed by atoms with van der Waals surface area (Å²) in [6.45, 7) is 13.0. The molecular weight excluding hydrogens is 340 g/mol. The molecule has 2 aliphatic rings. The van der Waals surface area contributed by atoms with Crippen LogP contribution in [0.25, 0.3) is 0 Å². The highest BCUT2D eigenvalue weighted by Gasteiger charge is 2.28. The zero-order valence-electron chi connectivity index (χ0n) is 16.6. The second-order valence-electron chi connectivity index (χ2n) is 7.47. The number of carbonyl (C=O) groups excluding carboxylic acids is 1. The molecular formula is C23H28O4. The van der Waals surface area contributed by atoms with E-state index in [4.69, 9.17) is 19.0 Å². The maximum Gasteiger partial charge on any atom is 0.125 e. The first-order chi connectivity index (χ1) is 13.0. The van der Waals surface area contributed by atoms with E-state index in [-0.39, 0.29) is 0 Å². The first kappa shape index (κ1) is 19.6. The molecule has 144 valence electrons. The van der Waals surface area contributed by atoms with Gasteiger partial charge in [-0.25, -0.2) is 0 Å². The minimum Gasteiger partial charge on any atom is -0.490 e. The highest BCUT2D eigenvalue weighted by Crippen LogP contribution is 2.35. The van der Waals surface area contributed by atoms with Gasteiger partial charge in [-0.2, -0.15) is 0 Å². The molecule has 0 N–H and O–H groups in total. The Morgan fingerprint density at radius 1 is 0.889 bits per heavy atom. The number of aryl methyl sites for hydroxylation is 4. The first-order valence-corrected chi connectivity index (χ1v) is 9.36. The molecule has 0 aliphatic carbocycles. The van der Waals surface area contributed by atoms with Crippen LogP contribution in [0.15, 0.2) is 24.3 Å². The molecule has 2 heterocycles. The fourth-order valence-electron chi connectivity index (χ4n) is 3.84. The normalized spacial score (nSPS) is 19.9. The summed E-state index contributed by atoms with van der Waals surface area (Å²) in [7, 11) is 0. The van der Waals surface area contributed by atoms with E-state index in [0.717, 1.165) is 25.4 Å². The number of rotatable bonds is 6. The van der Waals surface area contributed by atoms with Crippen LogP contribution in [0.2, 0.25) is 0 Å². The van der Waals surface area contributed by atoms with E-state index >= 15 is 0 Å². The molecule has 0 bridgehead atoms. The van der Waals surface area contributed by atoms with E-state index in [9.17, 15) is 0 Å². The fourth-order valence-corrected chi connectivity index (χ4v) is 3.84. The number of hydrogen-bond acceptors (Lipinski definition) is 4. The Hall–Kier alpha value is -2.17. The average molecular weight is 368 g/mol. The third-order valence-corrected chi connectivity index (χ3v) is 5.05. The lowest BCUT2D eigenvalue weighted by molar-refractivity contribution is -0.0979. The topological polar surface area (TPSA) is 51.4 Å². The van der Waals surface area contributed by atoms with E-state index < -0.39 is 0 Å². The Bertz CT molecular complexity index is 773. The summed E-state index contributed by atoms with van der Waals surface area (Å²) in [5.74, 6) is 1.01. The van der Waals surface area contributed by atoms with Gasteiger partial charge in [0.2, 0.25) is 0 Å². The van der Waals surface area contributed by atoms with Gasteiger partial charge in [0.1, 0.15) is 31.4 Å². The van der Waals surface area contributed by atoms with Gasteiger partial charge in [-0.15, -0.1) is 0 Å². The van der Waals surface area contributed by atoms with Gasteiger partial charge in [-0.3, -0.25) is 0 Å². The van der Waals surface area contributed by atoms with Crippen molar-refractivity contribution in [3.8, 4) is 5.75 Å². The Kier molecular flexibility index (Phi) is 5.98. The van der Waals surface area contributed by atoms with Crippen LogP contribution in [0, 0.1) is 27.7 Å². The molecule has 0 radical (unpaired) electrons. The van der Waals surface area contributed by atoms with Gasteiger partial charge in [-0.05, 0) is 73.1 Å². The third-order valence-electron chi connectivity index (χ3n) is 5.05. The summed E-state index contributed by atoms with van der Waals surface area (Å²) in [5, 5.41) is 0. The van der Waals surface area contributed by atoms with Crippen molar-refractivity contribution in [1.82, 2.24) is 0 Å². The van der Waals surface area contributed by atoms with Crippen LogP contribution in [-0.2, 0) is 20.7 Å². The summed E-state index contributed by atoms with van der Waals surface area (Å²) in [6, 6.07) is 9.12. The van der Waals surface area contributed by atoms with Crippen molar-refractivity contribution in [3.63, 3.8) is 0 Å². The van der Waals surface area contributed by atoms with Crippen molar-refractivity contribution in [2.24, 2.45) is 0 Å². The Morgan fingerprint density at radius 3 is 1.81 bits per heavy atom. The maximum atomic E-state index is 8.00. The quantitative estimate of drug-likeness (QED) is 0.718. The van der Waals surface area contributed by atoms with Crippen LogP contribution in [0.5, 0.6) is 5.75 Å². The van der Waals surface area contributed by atoms with Crippen molar-refractivity contribution in [2.45, 2.75) is 46.3 Å². The second kappa shape index (κ2) is 8.24. The molecule has 2 atom stereocenters. The Morgan fingerprint density at radius 2 is 1.37 bits per heavy atom. The van der Waals surface area contributed by atoms with Gasteiger partial charge in [0.15, 0.2) is 0 Å². The molecule has 2 fully saturated rings. The standard InChI is InChI=1S/C22H26O3.CH2O/c1-13-5-17(6-14(2)21(13)20-12-24-20)9-18-7-15(3)22(16(4)8-18)25-11-19-10-23-19;1-2/h5-8,19-20H,9-12H2,1-4H3;1H2. The average Bonchev–Trinajstić information content (AvgIpc) is 3.50. The lowest BCUT2D eigenvalue weighted by Gasteiger charge is -2.15. The molecule has 27 heavy (non-hydrogen) atoms. The molecule has 0 spiro atoms. The third kappa shape index (κ3) is 4.76. The predicted molar refractivity (Wildman–Crippen MR) is 106 cm³/mol. The zero-order chi connectivity index (χ0) is 19.6. The van der Waals surface area contributed by atoms with Crippen molar-refractivity contribution < 1.29 is 19.0 Å². The van der Waals surface area contributed by atoms with Crippen LogP contribution in [0.4, 0.5) is 0 Å². The minimum atomic E-state index is 0.290. The molecule has 0 amide bonds. The molecule has 2 aromatic carbocycles. The highest BCUT2D eigenvalue weighted by molar-refractivity contribution is 5.46. The van der Waals surface area contributed by atoms with Gasteiger partial charge in [0.05, 0.1) is 13.2 Å². The van der Waals surface area contributed by atoms with Gasteiger partial charge >= 0.3 is 0 Å². The van der Waals surface area contributed by atoms with E-state index in [1.165, 1.54) is 38.9 Å². The SMILES string of the molecule is C=O.Cc1cc(Cc2cc(C)c(C3CO3)c(C)c2)cc(C)c1OCC1CO1. The lowest BCUT2D eigenvalue weighted by Crippen LogP contribution is -2.07. The molecule has 2 saturated heterocycles. The summed E-state index contributed by atoms with van der Waals surface area (Å²) in [6.07, 6.45) is 1.56. The maximum absolute atomic E-state index is 8.00. The molecule has 0 saturated carbocycles. The van der Waals surface area contributed by atoms with Crippen LogP contribution >= 0.6 is 0 Å². The number of carbonyl (C=O) groups is 1. The monoisotopic (exact) mass is 368 g/mol. The predicted octanol–water partition coefficient (Wildman–Crippen LogP) is 4.18. The fraction of sp³-hybridized carbons (Fsp3) is 0.435. The molecule has 0 aromatic heterocycles. The van der Waals surface area contributed by atoms with E-state index in [1.807, 2.05) is 6.79 Å². The van der Waals surface area contributed by atoms with Crippen LogP contribution in [0.3, 0.4) is 0 Å². The summed E-state index contributed by atoms with van der Waals surface area (Å²) in [4.78, 5) is 8.00. The molecule has 4 rings (SSSR count). The van der Waals surface area contributed by atoms with Gasteiger partial charge in [0, 0.05) is 0 Å². The smallest absolute Gasteiger partial charge is 0.125 e. The molecule has 4 heteroatoms. The van der Waals surface area contributed by atoms with Crippen molar-refractivity contribution in [2.75, 3.05) is 19.8 Å². The Labute approximate surface area is 161 Å². The number of ether oxygens (including phenoxy) is 3. The molecule has 2 aromatic rings. The largest absolute Gasteiger partial charge is 0.490 e. The van der Waals surface area contributed by atoms with E-state index in [0.29, 0.717) is 18.8 Å². The minimum absolute atomic E-state index is 0.290. The van der Waals surface area contributed by atoms with E-state index in [2.05, 4.69) is 52.0 Å². The second-order valence-corrected chi connectivity index (χ2v) is 7.47. The van der Waals surface area contributed by atoms with Crippen LogP contribution < -0.4 is 4.74 Å². The van der Waals surface area contributed by atoms with Crippen molar-refractivity contribution in [1.29, 1.82) is 0 Å². The molecule has 2 unspecified atom stereocenters. The van der Waals surface area contributed by atoms with Crippen LogP contribution in [0.1, 0.15) is 45.0 Å². The van der Waals surface area contributed by atoms with Gasteiger partial charge in [-0.1, -0.05) is 24.3 Å². The summed E-state index contributed by atoms with van der Waals surface area (Å²) < 4.78 is 16.7. The first-order valence-electron chi connectivity index (χ1n) is 9.36. The van der Waals surface area contributed by atoms with E-state index in [1.54, 1.807) is 0 Å². The molecule has 4 nitrogen and oxygen atoms in total. The lowest BCUT2D eigenvalue weighted by atomic mass is 9.93. The van der Waals surface area contributed by atoms with Crippen LogP contribution in [-0.4, -0.2) is 32.7 Å². The Balaban J connectivity index is 0.00000102. The summed E-state index contributed by atoms with van der Waals surface area (Å²) in [5.41, 5.74) is 9.16. The number of hydrogen-bond donors (Lipinski definition) is 0. The number of benzene rings is 2. The highest BCUT2D eigenvalue weighted by atomic mass is 16.6. The van der Waals surface area contributed by atoms with Crippen molar-refractivity contribution in [3.05, 3.63) is 63.2 Å². The number of epoxide rings is 2. The van der Waals surface area contributed by atoms with Crippen molar-refractivity contribution >= 4 is 6.79 Å². The van der Waals surface area contributed by atoms with Gasteiger partial charge in [0.25, 0.3) is 0 Å².